The number of aryl methyl sites for hydroxylation is 1. The maximum absolute atomic E-state index is 12.5. The lowest BCUT2D eigenvalue weighted by molar-refractivity contribution is -0.123. The van der Waals surface area contributed by atoms with Gasteiger partial charge in [0.2, 0.25) is 0 Å². The van der Waals surface area contributed by atoms with Gasteiger partial charge in [-0.1, -0.05) is 0 Å². The predicted octanol–water partition coefficient (Wildman–Crippen LogP) is 2.99. The average Bonchev–Trinajstić information content (AvgIpc) is 3.05. The van der Waals surface area contributed by atoms with Gasteiger partial charge in [-0.3, -0.25) is 9.78 Å². The van der Waals surface area contributed by atoms with Gasteiger partial charge >= 0.3 is 11.9 Å². The first-order valence-corrected chi connectivity index (χ1v) is 9.47. The Morgan fingerprint density at radius 3 is 2.56 bits per heavy atom. The van der Waals surface area contributed by atoms with E-state index in [1.165, 1.54) is 49.9 Å². The highest BCUT2D eigenvalue weighted by Gasteiger charge is 2.28. The van der Waals surface area contributed by atoms with Crippen LogP contribution in [0.25, 0.3) is 0 Å². The van der Waals surface area contributed by atoms with Crippen LogP contribution in [0.15, 0.2) is 24.5 Å². The number of hydrogen-bond acceptors (Lipinski definition) is 7. The second kappa shape index (κ2) is 8.30. The van der Waals surface area contributed by atoms with Gasteiger partial charge in [-0.2, -0.15) is 0 Å². The zero-order valence-corrected chi connectivity index (χ0v) is 15.9. The predicted molar refractivity (Wildman–Crippen MR) is 100 cm³/mol. The summed E-state index contributed by atoms with van der Waals surface area (Å²) in [6.07, 6.45) is 5.66. The number of aromatic nitrogens is 1. The number of carbonyl (C=O) groups is 3. The van der Waals surface area contributed by atoms with Gasteiger partial charge < -0.3 is 14.8 Å². The largest absolute Gasteiger partial charge is 0.465 e. The van der Waals surface area contributed by atoms with Gasteiger partial charge in [0.15, 0.2) is 6.10 Å². The third-order valence-corrected chi connectivity index (χ3v) is 5.57. The van der Waals surface area contributed by atoms with E-state index in [0.717, 1.165) is 36.1 Å². The lowest BCUT2D eigenvalue weighted by Crippen LogP contribution is -2.30. The van der Waals surface area contributed by atoms with E-state index < -0.39 is 23.9 Å². The Hall–Kier alpha value is -2.74. The van der Waals surface area contributed by atoms with Crippen molar-refractivity contribution >= 4 is 34.2 Å². The molecular formula is C19H20N2O5S. The number of amides is 1. The van der Waals surface area contributed by atoms with Crippen LogP contribution in [0.2, 0.25) is 0 Å². The Labute approximate surface area is 160 Å². The summed E-state index contributed by atoms with van der Waals surface area (Å²) in [4.78, 5) is 41.8. The average molecular weight is 388 g/mol. The summed E-state index contributed by atoms with van der Waals surface area (Å²) in [5, 5.41) is 3.18. The van der Waals surface area contributed by atoms with Crippen LogP contribution in [0.4, 0.5) is 5.00 Å². The molecule has 0 aliphatic heterocycles. The van der Waals surface area contributed by atoms with Gasteiger partial charge in [0, 0.05) is 17.3 Å². The zero-order valence-electron chi connectivity index (χ0n) is 15.1. The smallest absolute Gasteiger partial charge is 0.341 e. The maximum atomic E-state index is 12.5. The summed E-state index contributed by atoms with van der Waals surface area (Å²) in [5.74, 6) is -1.58. The second-order valence-corrected chi connectivity index (χ2v) is 7.28. The van der Waals surface area contributed by atoms with Gasteiger partial charge in [-0.25, -0.2) is 9.59 Å². The number of rotatable bonds is 5. The molecule has 7 nitrogen and oxygen atoms in total. The number of anilines is 1. The Balaban J connectivity index is 1.74. The van der Waals surface area contributed by atoms with Crippen LogP contribution in [0, 0.1) is 0 Å². The fourth-order valence-electron chi connectivity index (χ4n) is 2.96. The van der Waals surface area contributed by atoms with Crippen LogP contribution in [0.5, 0.6) is 0 Å². The molecule has 1 unspecified atom stereocenters. The van der Waals surface area contributed by atoms with Gasteiger partial charge in [0.1, 0.15) is 5.00 Å². The Bertz CT molecular complexity index is 862. The monoisotopic (exact) mass is 388 g/mol. The van der Waals surface area contributed by atoms with Crippen molar-refractivity contribution < 1.29 is 23.9 Å². The first kappa shape index (κ1) is 19.0. The summed E-state index contributed by atoms with van der Waals surface area (Å²) >= 11 is 1.39. The van der Waals surface area contributed by atoms with Crippen molar-refractivity contribution in [3.8, 4) is 0 Å². The number of thiophene rings is 1. The van der Waals surface area contributed by atoms with E-state index >= 15 is 0 Å². The number of hydrogen-bond donors (Lipinski definition) is 1. The summed E-state index contributed by atoms with van der Waals surface area (Å²) in [6.45, 7) is 1.49. The minimum Gasteiger partial charge on any atom is -0.465 e. The molecule has 2 aromatic heterocycles. The van der Waals surface area contributed by atoms with E-state index in [4.69, 9.17) is 9.47 Å². The highest BCUT2D eigenvalue weighted by atomic mass is 32.1. The van der Waals surface area contributed by atoms with Crippen LogP contribution in [-0.4, -0.2) is 36.0 Å². The molecule has 0 aromatic carbocycles. The summed E-state index contributed by atoms with van der Waals surface area (Å²) in [7, 11) is 1.32. The third-order valence-electron chi connectivity index (χ3n) is 4.37. The van der Waals surface area contributed by atoms with Crippen molar-refractivity contribution in [3.05, 3.63) is 46.1 Å². The fourth-order valence-corrected chi connectivity index (χ4v) is 4.24. The third kappa shape index (κ3) is 4.16. The van der Waals surface area contributed by atoms with Crippen LogP contribution in [0.1, 0.15) is 50.9 Å². The maximum Gasteiger partial charge on any atom is 0.341 e. The second-order valence-electron chi connectivity index (χ2n) is 6.18. The molecule has 0 fully saturated rings. The van der Waals surface area contributed by atoms with E-state index in [2.05, 4.69) is 10.3 Å². The number of pyridine rings is 1. The van der Waals surface area contributed by atoms with Crippen molar-refractivity contribution in [3.63, 3.8) is 0 Å². The standard InChI is InChI=1S/C19H20N2O5S/c1-11(26-18(23)12-7-9-20-10-8-12)16(22)21-17-15(19(24)25-2)13-5-3-4-6-14(13)27-17/h7-11H,3-6H2,1-2H3,(H,21,22). The SMILES string of the molecule is COC(=O)c1c(NC(=O)C(C)OC(=O)c2ccncc2)sc2c1CCCC2. The van der Waals surface area contributed by atoms with Crippen molar-refractivity contribution in [2.45, 2.75) is 38.7 Å². The normalized spacial score (nSPS) is 14.0. The van der Waals surface area contributed by atoms with Gasteiger partial charge in [0.25, 0.3) is 5.91 Å². The molecule has 2 heterocycles. The van der Waals surface area contributed by atoms with E-state index in [1.807, 2.05) is 0 Å². The molecule has 0 saturated carbocycles. The quantitative estimate of drug-likeness (QED) is 0.792. The number of methoxy groups -OCH3 is 1. The molecule has 0 saturated heterocycles. The van der Waals surface area contributed by atoms with Crippen molar-refractivity contribution in [2.75, 3.05) is 12.4 Å². The molecule has 0 radical (unpaired) electrons. The van der Waals surface area contributed by atoms with Crippen molar-refractivity contribution in [2.24, 2.45) is 0 Å². The Morgan fingerprint density at radius 1 is 1.15 bits per heavy atom. The first-order chi connectivity index (χ1) is 13.0. The summed E-state index contributed by atoms with van der Waals surface area (Å²) in [5.41, 5.74) is 1.68. The van der Waals surface area contributed by atoms with Gasteiger partial charge in [-0.15, -0.1) is 11.3 Å². The molecule has 142 valence electrons. The molecule has 2 aromatic rings. The molecule has 27 heavy (non-hydrogen) atoms. The van der Waals surface area contributed by atoms with Crippen LogP contribution >= 0.6 is 11.3 Å². The highest BCUT2D eigenvalue weighted by Crippen LogP contribution is 2.38. The van der Waals surface area contributed by atoms with Gasteiger partial charge in [0.05, 0.1) is 18.2 Å². The number of ether oxygens (including phenoxy) is 2. The van der Waals surface area contributed by atoms with E-state index in [1.54, 1.807) is 0 Å². The van der Waals surface area contributed by atoms with E-state index in [0.29, 0.717) is 16.1 Å². The first-order valence-electron chi connectivity index (χ1n) is 8.66. The highest BCUT2D eigenvalue weighted by molar-refractivity contribution is 7.17. The molecular weight excluding hydrogens is 368 g/mol. The Kier molecular flexibility index (Phi) is 5.85. The zero-order chi connectivity index (χ0) is 19.4. The van der Waals surface area contributed by atoms with Crippen LogP contribution in [-0.2, 0) is 27.1 Å². The van der Waals surface area contributed by atoms with Crippen LogP contribution < -0.4 is 5.32 Å². The molecule has 3 rings (SSSR count). The number of esters is 2. The van der Waals surface area contributed by atoms with E-state index in [9.17, 15) is 14.4 Å². The Morgan fingerprint density at radius 2 is 1.85 bits per heavy atom. The molecule has 1 atom stereocenters. The number of carbonyl (C=O) groups excluding carboxylic acids is 3. The number of nitrogens with one attached hydrogen (secondary N) is 1. The number of nitrogens with zero attached hydrogens (tertiary/aromatic N) is 1. The van der Waals surface area contributed by atoms with Crippen molar-refractivity contribution in [1.29, 1.82) is 0 Å². The number of fused-ring (bicyclic) bond motifs is 1. The topological polar surface area (TPSA) is 94.6 Å². The molecule has 0 spiro atoms. The van der Waals surface area contributed by atoms with Gasteiger partial charge in [-0.05, 0) is 50.3 Å². The van der Waals surface area contributed by atoms with E-state index in [-0.39, 0.29) is 0 Å². The minimum absolute atomic E-state index is 0.312. The fraction of sp³-hybridized carbons (Fsp3) is 0.368. The molecule has 1 aliphatic rings. The molecule has 8 heteroatoms. The summed E-state index contributed by atoms with van der Waals surface area (Å²) < 4.78 is 10.1. The molecule has 1 aliphatic carbocycles. The lowest BCUT2D eigenvalue weighted by Gasteiger charge is -2.14. The molecule has 1 amide bonds. The van der Waals surface area contributed by atoms with Crippen molar-refractivity contribution in [1.82, 2.24) is 4.98 Å². The summed E-state index contributed by atoms with van der Waals surface area (Å²) in [6, 6.07) is 3.02. The molecule has 0 bridgehead atoms. The van der Waals surface area contributed by atoms with Crippen LogP contribution in [0.3, 0.4) is 0 Å². The molecule has 1 N–H and O–H groups in total. The minimum atomic E-state index is -1.02. The lowest BCUT2D eigenvalue weighted by atomic mass is 9.95.